The van der Waals surface area contributed by atoms with Crippen LogP contribution in [0.5, 0.6) is 11.6 Å². The number of hydrogen-bond acceptors (Lipinski definition) is 4. The topological polar surface area (TPSA) is 52.0 Å². The molecule has 0 saturated carbocycles. The monoisotopic (exact) mass is 246 g/mol. The van der Waals surface area contributed by atoms with Gasteiger partial charge in [0.15, 0.2) is 5.75 Å². The molecule has 5 nitrogen and oxygen atoms in total. The van der Waals surface area contributed by atoms with Crippen LogP contribution in [0.4, 0.5) is 0 Å². The summed E-state index contributed by atoms with van der Waals surface area (Å²) in [5, 5.41) is 7.35. The Kier molecular flexibility index (Phi) is 3.94. The highest BCUT2D eigenvalue weighted by Gasteiger charge is 2.04. The summed E-state index contributed by atoms with van der Waals surface area (Å²) in [7, 11) is 1.85. The Morgan fingerprint density at radius 1 is 1.39 bits per heavy atom. The van der Waals surface area contributed by atoms with E-state index in [-0.39, 0.29) is 0 Å². The molecule has 2 aromatic heterocycles. The first kappa shape index (κ1) is 12.6. The minimum atomic E-state index is 0.607. The third kappa shape index (κ3) is 3.30. The second kappa shape index (κ2) is 5.64. The highest BCUT2D eigenvalue weighted by Crippen LogP contribution is 2.20. The van der Waals surface area contributed by atoms with E-state index in [1.165, 1.54) is 5.56 Å². The fourth-order valence-corrected chi connectivity index (χ4v) is 1.70. The van der Waals surface area contributed by atoms with Gasteiger partial charge in [0.1, 0.15) is 0 Å². The smallest absolute Gasteiger partial charge is 0.219 e. The molecule has 0 amide bonds. The van der Waals surface area contributed by atoms with E-state index in [4.69, 9.17) is 4.74 Å². The Balaban J connectivity index is 2.14. The summed E-state index contributed by atoms with van der Waals surface area (Å²) in [5.74, 6) is 1.31. The van der Waals surface area contributed by atoms with Crippen molar-refractivity contribution in [1.82, 2.24) is 20.1 Å². The van der Waals surface area contributed by atoms with Gasteiger partial charge < -0.3 is 10.1 Å². The number of rotatable bonds is 5. The van der Waals surface area contributed by atoms with Crippen molar-refractivity contribution in [3.63, 3.8) is 0 Å². The highest BCUT2D eigenvalue weighted by atomic mass is 16.5. The minimum absolute atomic E-state index is 0.607. The Bertz CT molecular complexity index is 521. The molecule has 0 unspecified atom stereocenters. The quantitative estimate of drug-likeness (QED) is 0.877. The molecule has 0 fully saturated rings. The molecule has 18 heavy (non-hydrogen) atoms. The molecule has 0 saturated heterocycles. The summed E-state index contributed by atoms with van der Waals surface area (Å²) in [6.45, 7) is 5.82. The van der Waals surface area contributed by atoms with Crippen LogP contribution in [0.25, 0.3) is 0 Å². The highest BCUT2D eigenvalue weighted by molar-refractivity contribution is 5.28. The summed E-state index contributed by atoms with van der Waals surface area (Å²) in [4.78, 5) is 4.36. The van der Waals surface area contributed by atoms with Crippen LogP contribution in [0.2, 0.25) is 0 Å². The molecule has 0 spiro atoms. The molecule has 0 aliphatic heterocycles. The maximum absolute atomic E-state index is 5.68. The summed E-state index contributed by atoms with van der Waals surface area (Å²) >= 11 is 0. The van der Waals surface area contributed by atoms with Crippen LogP contribution in [0.3, 0.4) is 0 Å². The van der Waals surface area contributed by atoms with Crippen LogP contribution in [-0.2, 0) is 13.6 Å². The Morgan fingerprint density at radius 3 is 2.89 bits per heavy atom. The average molecular weight is 246 g/mol. The van der Waals surface area contributed by atoms with E-state index in [0.29, 0.717) is 11.6 Å². The van der Waals surface area contributed by atoms with E-state index in [0.717, 1.165) is 18.8 Å². The maximum Gasteiger partial charge on any atom is 0.219 e. The molecule has 0 atom stereocenters. The number of ether oxygens (including phenoxy) is 1. The molecule has 2 aromatic rings. The van der Waals surface area contributed by atoms with Gasteiger partial charge in [-0.15, -0.1) is 0 Å². The van der Waals surface area contributed by atoms with Crippen molar-refractivity contribution < 1.29 is 4.74 Å². The molecule has 0 aromatic carbocycles. The fourth-order valence-electron chi connectivity index (χ4n) is 1.70. The van der Waals surface area contributed by atoms with Crippen LogP contribution in [0, 0.1) is 6.92 Å². The van der Waals surface area contributed by atoms with Gasteiger partial charge in [-0.3, -0.25) is 4.68 Å². The zero-order valence-corrected chi connectivity index (χ0v) is 11.0. The first-order chi connectivity index (χ1) is 8.67. The lowest BCUT2D eigenvalue weighted by Gasteiger charge is -2.07. The van der Waals surface area contributed by atoms with E-state index in [2.05, 4.69) is 28.4 Å². The second-order valence-corrected chi connectivity index (χ2v) is 4.19. The lowest BCUT2D eigenvalue weighted by molar-refractivity contribution is 0.460. The molecular formula is C13H18N4O. The number of aromatic nitrogens is 3. The van der Waals surface area contributed by atoms with Gasteiger partial charge >= 0.3 is 0 Å². The Hall–Kier alpha value is -1.88. The average Bonchev–Trinajstić information content (AvgIpc) is 2.71. The van der Waals surface area contributed by atoms with Crippen molar-refractivity contribution in [3.05, 3.63) is 35.8 Å². The third-order valence-electron chi connectivity index (χ3n) is 2.47. The zero-order valence-electron chi connectivity index (χ0n) is 11.0. The molecule has 2 rings (SSSR count). The third-order valence-corrected chi connectivity index (χ3v) is 2.47. The van der Waals surface area contributed by atoms with E-state index >= 15 is 0 Å². The largest absolute Gasteiger partial charge is 0.436 e. The second-order valence-electron chi connectivity index (χ2n) is 4.19. The van der Waals surface area contributed by atoms with Crippen molar-refractivity contribution in [1.29, 1.82) is 0 Å². The first-order valence-corrected chi connectivity index (χ1v) is 6.02. The normalized spacial score (nSPS) is 10.6. The van der Waals surface area contributed by atoms with Gasteiger partial charge in [-0.1, -0.05) is 6.92 Å². The lowest BCUT2D eigenvalue weighted by Crippen LogP contribution is -2.12. The minimum Gasteiger partial charge on any atom is -0.436 e. The molecule has 0 bridgehead atoms. The Labute approximate surface area is 107 Å². The van der Waals surface area contributed by atoms with Crippen molar-refractivity contribution in [2.45, 2.75) is 20.4 Å². The van der Waals surface area contributed by atoms with E-state index in [1.807, 2.05) is 26.2 Å². The number of nitrogens with zero attached hydrogens (tertiary/aromatic N) is 3. The van der Waals surface area contributed by atoms with Crippen LogP contribution in [-0.4, -0.2) is 21.3 Å². The number of aryl methyl sites for hydroxylation is 2. The predicted molar refractivity (Wildman–Crippen MR) is 69.6 cm³/mol. The van der Waals surface area contributed by atoms with Gasteiger partial charge in [-0.25, -0.2) is 4.98 Å². The molecule has 2 heterocycles. The molecule has 0 radical (unpaired) electrons. The van der Waals surface area contributed by atoms with Gasteiger partial charge in [-0.2, -0.15) is 5.10 Å². The van der Waals surface area contributed by atoms with E-state index < -0.39 is 0 Å². The fraction of sp³-hybridized carbons (Fsp3) is 0.385. The van der Waals surface area contributed by atoms with Crippen molar-refractivity contribution in [3.8, 4) is 11.6 Å². The summed E-state index contributed by atoms with van der Waals surface area (Å²) in [6, 6.07) is 4.00. The van der Waals surface area contributed by atoms with Crippen LogP contribution < -0.4 is 10.1 Å². The first-order valence-electron chi connectivity index (χ1n) is 6.02. The van der Waals surface area contributed by atoms with Crippen LogP contribution in [0.15, 0.2) is 24.5 Å². The maximum atomic E-state index is 5.68. The van der Waals surface area contributed by atoms with Crippen molar-refractivity contribution in [2.75, 3.05) is 6.54 Å². The number of hydrogen-bond donors (Lipinski definition) is 1. The molecule has 0 aliphatic rings. The number of nitrogens with one attached hydrogen (secondary N) is 1. The number of pyridine rings is 1. The predicted octanol–water partition coefficient (Wildman–Crippen LogP) is 2.03. The van der Waals surface area contributed by atoms with Crippen LogP contribution >= 0.6 is 0 Å². The van der Waals surface area contributed by atoms with Gasteiger partial charge in [0.25, 0.3) is 0 Å². The van der Waals surface area contributed by atoms with Gasteiger partial charge in [-0.05, 0) is 25.1 Å². The SMILES string of the molecule is CCNCc1cc(C)nc(Oc2cnn(C)c2)c1. The summed E-state index contributed by atoms with van der Waals surface area (Å²) in [6.07, 6.45) is 3.49. The molecule has 1 N–H and O–H groups in total. The van der Waals surface area contributed by atoms with E-state index in [1.54, 1.807) is 10.9 Å². The van der Waals surface area contributed by atoms with Gasteiger partial charge in [0, 0.05) is 25.4 Å². The Morgan fingerprint density at radius 2 is 2.22 bits per heavy atom. The van der Waals surface area contributed by atoms with E-state index in [9.17, 15) is 0 Å². The summed E-state index contributed by atoms with van der Waals surface area (Å²) < 4.78 is 7.38. The summed E-state index contributed by atoms with van der Waals surface area (Å²) in [5.41, 5.74) is 2.12. The molecule has 96 valence electrons. The molecule has 0 aliphatic carbocycles. The zero-order chi connectivity index (χ0) is 13.0. The van der Waals surface area contributed by atoms with Gasteiger partial charge in [0.2, 0.25) is 5.88 Å². The van der Waals surface area contributed by atoms with Crippen LogP contribution in [0.1, 0.15) is 18.2 Å². The van der Waals surface area contributed by atoms with Gasteiger partial charge in [0.05, 0.1) is 12.4 Å². The van der Waals surface area contributed by atoms with Crippen molar-refractivity contribution >= 4 is 0 Å². The standard InChI is InChI=1S/C13H18N4O/c1-4-14-7-11-5-10(2)16-13(6-11)18-12-8-15-17(3)9-12/h5-6,8-9,14H,4,7H2,1-3H3. The molecule has 5 heteroatoms. The van der Waals surface area contributed by atoms with Crippen molar-refractivity contribution in [2.24, 2.45) is 7.05 Å². The lowest BCUT2D eigenvalue weighted by atomic mass is 10.2. The molecular weight excluding hydrogens is 228 g/mol.